The number of piperidine rings is 1. The number of hydrogen-bond acceptors (Lipinski definition) is 4. The molecule has 0 atom stereocenters. The Kier molecular flexibility index (Phi) is 4.70. The Hall–Kier alpha value is -2.09. The molecular weight excluding hydrogens is 276 g/mol. The van der Waals surface area contributed by atoms with Gasteiger partial charge in [0.05, 0.1) is 5.69 Å². The maximum atomic E-state index is 12.4. The molecule has 1 aliphatic rings. The van der Waals surface area contributed by atoms with E-state index in [0.29, 0.717) is 5.69 Å². The number of anilines is 1. The van der Waals surface area contributed by atoms with Crippen LogP contribution in [0.3, 0.4) is 0 Å². The molecule has 1 fully saturated rings. The van der Waals surface area contributed by atoms with E-state index in [4.69, 9.17) is 5.26 Å². The Bertz CT molecular complexity index is 577. The Labute approximate surface area is 132 Å². The van der Waals surface area contributed by atoms with E-state index >= 15 is 0 Å². The molecule has 1 aromatic rings. The van der Waals surface area contributed by atoms with Crippen LogP contribution in [0.4, 0.5) is 5.69 Å². The number of amides is 1. The van der Waals surface area contributed by atoms with Crippen molar-refractivity contribution in [3.05, 3.63) is 24.0 Å². The van der Waals surface area contributed by atoms with E-state index in [1.165, 1.54) is 0 Å². The number of aromatic nitrogens is 1. The highest BCUT2D eigenvalue weighted by Gasteiger charge is 2.31. The molecule has 2 heterocycles. The quantitative estimate of drug-likeness (QED) is 0.841. The van der Waals surface area contributed by atoms with Gasteiger partial charge in [-0.1, -0.05) is 20.8 Å². The maximum absolute atomic E-state index is 12.4. The van der Waals surface area contributed by atoms with Crippen LogP contribution in [0.25, 0.3) is 0 Å². The summed E-state index contributed by atoms with van der Waals surface area (Å²) in [7, 11) is 1.90. The summed E-state index contributed by atoms with van der Waals surface area (Å²) in [5, 5.41) is 9.16. The lowest BCUT2D eigenvalue weighted by molar-refractivity contribution is -0.140. The molecule has 1 amide bonds. The van der Waals surface area contributed by atoms with Crippen LogP contribution in [-0.4, -0.2) is 42.0 Å². The van der Waals surface area contributed by atoms with Gasteiger partial charge in [-0.3, -0.25) is 4.79 Å². The number of rotatable bonds is 2. The van der Waals surface area contributed by atoms with Crippen LogP contribution in [0.15, 0.2) is 18.3 Å². The molecule has 5 nitrogen and oxygen atoms in total. The van der Waals surface area contributed by atoms with E-state index in [9.17, 15) is 4.79 Å². The summed E-state index contributed by atoms with van der Waals surface area (Å²) in [4.78, 5) is 20.6. The first-order valence-corrected chi connectivity index (χ1v) is 7.72. The van der Waals surface area contributed by atoms with E-state index in [1.807, 2.05) is 44.9 Å². The van der Waals surface area contributed by atoms with Crippen molar-refractivity contribution in [2.75, 3.05) is 25.0 Å². The van der Waals surface area contributed by atoms with E-state index in [-0.39, 0.29) is 17.4 Å². The molecule has 0 saturated carbocycles. The van der Waals surface area contributed by atoms with Crippen molar-refractivity contribution in [2.24, 2.45) is 5.41 Å². The smallest absolute Gasteiger partial charge is 0.227 e. The van der Waals surface area contributed by atoms with Crippen molar-refractivity contribution in [1.29, 1.82) is 5.26 Å². The molecule has 0 aromatic carbocycles. The zero-order valence-corrected chi connectivity index (χ0v) is 13.8. The van der Waals surface area contributed by atoms with Crippen LogP contribution in [0.5, 0.6) is 0 Å². The van der Waals surface area contributed by atoms with Crippen LogP contribution in [-0.2, 0) is 4.79 Å². The predicted molar refractivity (Wildman–Crippen MR) is 86.4 cm³/mol. The fraction of sp³-hybridized carbons (Fsp3) is 0.588. The molecule has 1 aromatic heterocycles. The molecule has 1 aliphatic heterocycles. The molecular formula is C17H24N4O. The van der Waals surface area contributed by atoms with Gasteiger partial charge in [-0.25, -0.2) is 4.98 Å². The van der Waals surface area contributed by atoms with Gasteiger partial charge in [-0.15, -0.1) is 0 Å². The number of carbonyl (C=O) groups excluding carboxylic acids is 1. The van der Waals surface area contributed by atoms with E-state index in [1.54, 1.807) is 6.20 Å². The molecule has 5 heteroatoms. The minimum atomic E-state index is -0.344. The third kappa shape index (κ3) is 3.38. The molecule has 118 valence electrons. The first-order chi connectivity index (χ1) is 10.3. The fourth-order valence-corrected chi connectivity index (χ4v) is 2.93. The van der Waals surface area contributed by atoms with Crippen molar-refractivity contribution in [3.8, 4) is 6.07 Å². The summed E-state index contributed by atoms with van der Waals surface area (Å²) in [5.41, 5.74) is 1.02. The van der Waals surface area contributed by atoms with Gasteiger partial charge in [0.2, 0.25) is 5.91 Å². The Morgan fingerprint density at radius 2 is 2.05 bits per heavy atom. The number of nitrogens with zero attached hydrogens (tertiary/aromatic N) is 4. The average molecular weight is 300 g/mol. The number of carbonyl (C=O) groups is 1. The van der Waals surface area contributed by atoms with Crippen LogP contribution in [0.1, 0.15) is 39.3 Å². The number of nitriles is 1. The predicted octanol–water partition coefficient (Wildman–Crippen LogP) is 2.43. The molecule has 0 bridgehead atoms. The van der Waals surface area contributed by atoms with Crippen LogP contribution >= 0.6 is 0 Å². The Balaban J connectivity index is 2.02. The van der Waals surface area contributed by atoms with Crippen molar-refractivity contribution < 1.29 is 4.79 Å². The lowest BCUT2D eigenvalue weighted by Crippen LogP contribution is -2.48. The van der Waals surface area contributed by atoms with Gasteiger partial charge in [0.25, 0.3) is 0 Å². The second kappa shape index (κ2) is 6.35. The molecule has 0 N–H and O–H groups in total. The molecule has 2 rings (SSSR count). The van der Waals surface area contributed by atoms with E-state index in [0.717, 1.165) is 31.6 Å². The summed E-state index contributed by atoms with van der Waals surface area (Å²) in [6.45, 7) is 7.54. The molecule has 1 saturated heterocycles. The van der Waals surface area contributed by atoms with Gasteiger partial charge in [0, 0.05) is 37.8 Å². The highest BCUT2D eigenvalue weighted by Crippen LogP contribution is 2.26. The van der Waals surface area contributed by atoms with Crippen LogP contribution < -0.4 is 4.90 Å². The first-order valence-electron chi connectivity index (χ1n) is 7.72. The number of hydrogen-bond donors (Lipinski definition) is 0. The standard InChI is InChI=1S/C17H24N4O/c1-17(2,3)16(22)20(4)13-7-10-21(11-8-13)15-6-5-9-19-14(15)12-18/h5-6,9,13H,7-8,10-11H2,1-4H3. The van der Waals surface area contributed by atoms with E-state index in [2.05, 4.69) is 16.0 Å². The molecule has 22 heavy (non-hydrogen) atoms. The topological polar surface area (TPSA) is 60.2 Å². The third-order valence-corrected chi connectivity index (χ3v) is 4.21. The van der Waals surface area contributed by atoms with Gasteiger partial charge in [0.1, 0.15) is 6.07 Å². The highest BCUT2D eigenvalue weighted by molar-refractivity contribution is 5.81. The van der Waals surface area contributed by atoms with Crippen molar-refractivity contribution in [1.82, 2.24) is 9.88 Å². The normalized spacial score (nSPS) is 16.2. The van der Waals surface area contributed by atoms with Crippen molar-refractivity contribution in [3.63, 3.8) is 0 Å². The average Bonchev–Trinajstić information content (AvgIpc) is 2.52. The van der Waals surface area contributed by atoms with Gasteiger partial charge >= 0.3 is 0 Å². The van der Waals surface area contributed by atoms with E-state index < -0.39 is 0 Å². The van der Waals surface area contributed by atoms with Gasteiger partial charge in [-0.2, -0.15) is 5.26 Å². The summed E-state index contributed by atoms with van der Waals surface area (Å²) >= 11 is 0. The van der Waals surface area contributed by atoms with Crippen molar-refractivity contribution in [2.45, 2.75) is 39.7 Å². The Morgan fingerprint density at radius 1 is 1.41 bits per heavy atom. The summed E-state index contributed by atoms with van der Waals surface area (Å²) in [5.74, 6) is 0.185. The summed E-state index contributed by atoms with van der Waals surface area (Å²) in [6.07, 6.45) is 3.47. The van der Waals surface area contributed by atoms with Crippen LogP contribution in [0.2, 0.25) is 0 Å². The van der Waals surface area contributed by atoms with Gasteiger partial charge < -0.3 is 9.80 Å². The van der Waals surface area contributed by atoms with Crippen molar-refractivity contribution >= 4 is 11.6 Å². The first kappa shape index (κ1) is 16.3. The minimum absolute atomic E-state index is 0.185. The number of pyridine rings is 1. The monoisotopic (exact) mass is 300 g/mol. The molecule has 0 unspecified atom stereocenters. The fourth-order valence-electron chi connectivity index (χ4n) is 2.93. The van der Waals surface area contributed by atoms with Gasteiger partial charge in [-0.05, 0) is 25.0 Å². The second-order valence-corrected chi connectivity index (χ2v) is 6.87. The van der Waals surface area contributed by atoms with Gasteiger partial charge in [0.15, 0.2) is 5.69 Å². The lowest BCUT2D eigenvalue weighted by Gasteiger charge is -2.39. The Morgan fingerprint density at radius 3 is 2.59 bits per heavy atom. The summed E-state index contributed by atoms with van der Waals surface area (Å²) < 4.78 is 0. The molecule has 0 radical (unpaired) electrons. The maximum Gasteiger partial charge on any atom is 0.227 e. The second-order valence-electron chi connectivity index (χ2n) is 6.87. The lowest BCUT2D eigenvalue weighted by atomic mass is 9.92. The molecule has 0 spiro atoms. The summed E-state index contributed by atoms with van der Waals surface area (Å²) in [6, 6.07) is 6.22. The zero-order valence-electron chi connectivity index (χ0n) is 13.8. The minimum Gasteiger partial charge on any atom is -0.369 e. The molecule has 0 aliphatic carbocycles. The largest absolute Gasteiger partial charge is 0.369 e. The highest BCUT2D eigenvalue weighted by atomic mass is 16.2. The third-order valence-electron chi connectivity index (χ3n) is 4.21. The SMILES string of the molecule is CN(C(=O)C(C)(C)C)C1CCN(c2cccnc2C#N)CC1. The van der Waals surface area contributed by atoms with Crippen LogP contribution in [0, 0.1) is 16.7 Å². The zero-order chi connectivity index (χ0) is 16.3.